The average Bonchev–Trinajstić information content (AvgIpc) is 3.18. The molecular formula is C30H28F4N4O6. The van der Waals surface area contributed by atoms with Crippen molar-refractivity contribution >= 4 is 11.6 Å². The van der Waals surface area contributed by atoms with Crippen LogP contribution < -0.4 is 25.1 Å². The summed E-state index contributed by atoms with van der Waals surface area (Å²) < 4.78 is 78.5. The molecule has 0 bridgehead atoms. The first-order valence-electron chi connectivity index (χ1n) is 13.3. The molecule has 0 aliphatic carbocycles. The lowest BCUT2D eigenvalue weighted by atomic mass is 9.90. The van der Waals surface area contributed by atoms with Crippen LogP contribution >= 0.6 is 0 Å². The zero-order valence-electron chi connectivity index (χ0n) is 24.1. The zero-order valence-corrected chi connectivity index (χ0v) is 24.1. The van der Waals surface area contributed by atoms with Crippen molar-refractivity contribution in [3.63, 3.8) is 0 Å². The number of nitrogens with zero attached hydrogens (tertiary/aromatic N) is 3. The lowest BCUT2D eigenvalue weighted by Gasteiger charge is -2.37. The van der Waals surface area contributed by atoms with Crippen molar-refractivity contribution in [2.24, 2.45) is 12.5 Å². The highest BCUT2D eigenvalue weighted by molar-refractivity contribution is 6.06. The molecule has 0 radical (unpaired) electrons. The Hall–Kier alpha value is -4.85. The van der Waals surface area contributed by atoms with Gasteiger partial charge < -0.3 is 24.3 Å². The number of carbonyl (C=O) groups is 1. The number of carbonyl (C=O) groups excluding carboxylic acids is 1. The molecule has 0 unspecified atom stereocenters. The van der Waals surface area contributed by atoms with E-state index in [0.29, 0.717) is 25.4 Å². The Labute approximate surface area is 248 Å². The first-order valence-corrected chi connectivity index (χ1v) is 13.3. The zero-order chi connectivity index (χ0) is 31.8. The number of aromatic nitrogens is 3. The number of methoxy groups -OCH3 is 1. The third-order valence-electron chi connectivity index (χ3n) is 6.95. The molecule has 44 heavy (non-hydrogen) atoms. The molecule has 5 rings (SSSR count). The minimum Gasteiger partial charge on any atom is -0.497 e. The molecule has 1 aliphatic rings. The number of hydrogen-bond acceptors (Lipinski definition) is 7. The summed E-state index contributed by atoms with van der Waals surface area (Å²) in [6.45, 7) is 2.04. The minimum absolute atomic E-state index is 0.0409. The van der Waals surface area contributed by atoms with Gasteiger partial charge in [-0.05, 0) is 42.8 Å². The second-order valence-corrected chi connectivity index (χ2v) is 10.6. The predicted octanol–water partition coefficient (Wildman–Crippen LogP) is 5.10. The smallest absolute Gasteiger partial charge is 0.387 e. The molecule has 1 N–H and O–H groups in total. The molecule has 0 atom stereocenters. The molecular weight excluding hydrogens is 588 g/mol. The molecule has 2 aromatic carbocycles. The summed E-state index contributed by atoms with van der Waals surface area (Å²) in [5.74, 6) is -2.99. The Morgan fingerprint density at radius 1 is 1.09 bits per heavy atom. The SMILES string of the molecule is COc1cc(F)c(-c2c(NC(=O)c3ccc(OC(F)F)cc3)c(=O)n(-c3cc(C)cc(OCC4(C)COC4)n3)n2C)c(F)c1. The molecule has 0 saturated carbocycles. The number of pyridine rings is 1. The number of hydrogen-bond donors (Lipinski definition) is 1. The van der Waals surface area contributed by atoms with Gasteiger partial charge in [-0.3, -0.25) is 14.3 Å². The Morgan fingerprint density at radius 2 is 1.75 bits per heavy atom. The van der Waals surface area contributed by atoms with Gasteiger partial charge in [0.05, 0.1) is 32.5 Å². The standard InChI is InChI=1S/C30H28F4N4O6/c1-16-9-22(35-23(10-16)43-15-30(2)13-42-14-30)38-28(40)25(36-27(39)17-5-7-18(8-6-17)44-29(33)34)26(37(38)3)24-20(31)11-19(41-4)12-21(24)32/h5-12,29H,13-15H2,1-4H3,(H,36,39). The highest BCUT2D eigenvalue weighted by Crippen LogP contribution is 2.35. The van der Waals surface area contributed by atoms with Gasteiger partial charge in [0.1, 0.15) is 34.5 Å². The number of anilines is 1. The van der Waals surface area contributed by atoms with Gasteiger partial charge in [0.15, 0.2) is 5.82 Å². The first-order chi connectivity index (χ1) is 20.9. The first kappa shape index (κ1) is 30.6. The highest BCUT2D eigenvalue weighted by Gasteiger charge is 2.34. The molecule has 1 saturated heterocycles. The number of amides is 1. The van der Waals surface area contributed by atoms with E-state index in [4.69, 9.17) is 14.2 Å². The van der Waals surface area contributed by atoms with Crippen LogP contribution in [-0.4, -0.2) is 53.8 Å². The third kappa shape index (κ3) is 6.11. The van der Waals surface area contributed by atoms with Gasteiger partial charge >= 0.3 is 6.61 Å². The van der Waals surface area contributed by atoms with E-state index in [-0.39, 0.29) is 39.9 Å². The van der Waals surface area contributed by atoms with Crippen LogP contribution in [0.25, 0.3) is 17.1 Å². The van der Waals surface area contributed by atoms with E-state index in [1.54, 1.807) is 19.1 Å². The van der Waals surface area contributed by atoms with Gasteiger partial charge in [-0.2, -0.15) is 18.4 Å². The van der Waals surface area contributed by atoms with Gasteiger partial charge in [-0.25, -0.2) is 8.78 Å². The molecule has 4 aromatic rings. The number of benzene rings is 2. The van der Waals surface area contributed by atoms with Crippen LogP contribution in [0.1, 0.15) is 22.8 Å². The van der Waals surface area contributed by atoms with E-state index in [9.17, 15) is 18.4 Å². The summed E-state index contributed by atoms with van der Waals surface area (Å²) in [7, 11) is 2.62. The fourth-order valence-corrected chi connectivity index (χ4v) is 4.71. The van der Waals surface area contributed by atoms with Crippen LogP contribution in [0.15, 0.2) is 53.3 Å². The summed E-state index contributed by atoms with van der Waals surface area (Å²) in [6.07, 6.45) is 0. The molecule has 10 nitrogen and oxygen atoms in total. The van der Waals surface area contributed by atoms with Gasteiger partial charge in [0, 0.05) is 36.2 Å². The van der Waals surface area contributed by atoms with Crippen molar-refractivity contribution < 1.29 is 41.3 Å². The van der Waals surface area contributed by atoms with Gasteiger partial charge in [0.25, 0.3) is 11.5 Å². The fourth-order valence-electron chi connectivity index (χ4n) is 4.71. The predicted molar refractivity (Wildman–Crippen MR) is 151 cm³/mol. The van der Waals surface area contributed by atoms with E-state index in [1.165, 1.54) is 26.3 Å². The number of nitrogens with one attached hydrogen (secondary N) is 1. The van der Waals surface area contributed by atoms with E-state index < -0.39 is 41.0 Å². The molecule has 232 valence electrons. The number of rotatable bonds is 10. The second kappa shape index (κ2) is 12.0. The lowest BCUT2D eigenvalue weighted by molar-refractivity contribution is -0.120. The summed E-state index contributed by atoms with van der Waals surface area (Å²) in [5, 5.41) is 2.44. The molecule has 1 amide bonds. The number of aryl methyl sites for hydroxylation is 1. The molecule has 3 heterocycles. The summed E-state index contributed by atoms with van der Waals surface area (Å²) in [4.78, 5) is 31.6. The van der Waals surface area contributed by atoms with Crippen LogP contribution in [-0.2, 0) is 11.8 Å². The molecule has 14 heteroatoms. The van der Waals surface area contributed by atoms with E-state index in [0.717, 1.165) is 33.6 Å². The molecule has 1 aliphatic heterocycles. The molecule has 2 aromatic heterocycles. The van der Waals surface area contributed by atoms with Crippen LogP contribution in [0.4, 0.5) is 23.2 Å². The van der Waals surface area contributed by atoms with Gasteiger partial charge in [-0.1, -0.05) is 6.92 Å². The van der Waals surface area contributed by atoms with Gasteiger partial charge in [-0.15, -0.1) is 0 Å². The summed E-state index contributed by atoms with van der Waals surface area (Å²) in [6, 6.07) is 9.80. The minimum atomic E-state index is -3.06. The van der Waals surface area contributed by atoms with Crippen molar-refractivity contribution in [1.29, 1.82) is 0 Å². The van der Waals surface area contributed by atoms with Crippen LogP contribution in [0.3, 0.4) is 0 Å². The third-order valence-corrected chi connectivity index (χ3v) is 6.95. The number of ether oxygens (including phenoxy) is 4. The maximum absolute atomic E-state index is 15.4. The monoisotopic (exact) mass is 616 g/mol. The van der Waals surface area contributed by atoms with E-state index >= 15 is 8.78 Å². The van der Waals surface area contributed by atoms with Crippen molar-refractivity contribution in [1.82, 2.24) is 14.3 Å². The van der Waals surface area contributed by atoms with E-state index in [1.807, 2.05) is 6.92 Å². The number of halogens is 4. The van der Waals surface area contributed by atoms with E-state index in [2.05, 4.69) is 15.0 Å². The summed E-state index contributed by atoms with van der Waals surface area (Å²) >= 11 is 0. The Kier molecular flexibility index (Phi) is 8.37. The fraction of sp³-hybridized carbons (Fsp3) is 0.300. The van der Waals surface area contributed by atoms with Gasteiger partial charge in [0.2, 0.25) is 5.88 Å². The van der Waals surface area contributed by atoms with Crippen LogP contribution in [0.2, 0.25) is 0 Å². The van der Waals surface area contributed by atoms with Crippen molar-refractivity contribution in [3.05, 3.63) is 81.6 Å². The van der Waals surface area contributed by atoms with Crippen LogP contribution in [0, 0.1) is 24.0 Å². The van der Waals surface area contributed by atoms with Crippen molar-refractivity contribution in [2.75, 3.05) is 32.2 Å². The van der Waals surface area contributed by atoms with Crippen LogP contribution in [0.5, 0.6) is 17.4 Å². The molecule has 0 spiro atoms. The Balaban J connectivity index is 1.61. The quantitative estimate of drug-likeness (QED) is 0.247. The molecule has 1 fully saturated rings. The highest BCUT2D eigenvalue weighted by atomic mass is 19.3. The Bertz CT molecular complexity index is 1740. The maximum Gasteiger partial charge on any atom is 0.387 e. The Morgan fingerprint density at radius 3 is 2.32 bits per heavy atom. The normalized spacial score (nSPS) is 13.8. The summed E-state index contributed by atoms with van der Waals surface area (Å²) in [5.41, 5.74) is -1.78. The van der Waals surface area contributed by atoms with Crippen molar-refractivity contribution in [2.45, 2.75) is 20.5 Å². The van der Waals surface area contributed by atoms with Crippen molar-refractivity contribution in [3.8, 4) is 34.5 Å². The number of alkyl halides is 2. The topological polar surface area (TPSA) is 106 Å². The average molecular weight is 617 g/mol. The maximum atomic E-state index is 15.4. The largest absolute Gasteiger partial charge is 0.497 e. The second-order valence-electron chi connectivity index (χ2n) is 10.6. The lowest BCUT2D eigenvalue weighted by Crippen LogP contribution is -2.44.